The summed E-state index contributed by atoms with van der Waals surface area (Å²) in [4.78, 5) is 59.9. The highest BCUT2D eigenvalue weighted by molar-refractivity contribution is 7.91. The van der Waals surface area contributed by atoms with E-state index < -0.39 is 68.4 Å². The van der Waals surface area contributed by atoms with E-state index in [4.69, 9.17) is 9.57 Å². The van der Waals surface area contributed by atoms with E-state index >= 15 is 0 Å². The number of benzene rings is 2. The third-order valence-corrected chi connectivity index (χ3v) is 10.5. The average Bonchev–Trinajstić information content (AvgIpc) is 3.94. The number of carbonyl (C=O) groups excluding carboxylic acids is 4. The van der Waals surface area contributed by atoms with Crippen molar-refractivity contribution >= 4 is 39.7 Å². The highest BCUT2D eigenvalue weighted by atomic mass is 32.2. The van der Waals surface area contributed by atoms with Crippen molar-refractivity contribution in [3.8, 4) is 11.1 Å². The summed E-state index contributed by atoms with van der Waals surface area (Å²) in [6.45, 7) is 8.61. The number of ether oxygens (including phenoxy) is 1. The molecule has 3 fully saturated rings. The Bertz CT molecular complexity index is 1770. The lowest BCUT2D eigenvalue weighted by molar-refractivity contribution is -0.131. The fraction of sp³-hybridized carbons (Fsp3) is 0.424. The fourth-order valence-electron chi connectivity index (χ4n) is 6.07. The highest BCUT2D eigenvalue weighted by Gasteiger charge is 2.62. The van der Waals surface area contributed by atoms with Gasteiger partial charge in [-0.2, -0.15) is 0 Å². The van der Waals surface area contributed by atoms with Crippen LogP contribution in [0.3, 0.4) is 0 Å². The molecule has 15 heteroatoms. The first-order chi connectivity index (χ1) is 22.7. The molecule has 0 aromatic heterocycles. The number of fused-ring (bicyclic) bond motifs is 3. The van der Waals surface area contributed by atoms with Gasteiger partial charge in [0.2, 0.25) is 15.9 Å². The number of nitrogens with zero attached hydrogens (tertiary/aromatic N) is 2. The third-order valence-electron chi connectivity index (χ3n) is 8.69. The molecule has 3 aliphatic carbocycles. The van der Waals surface area contributed by atoms with Gasteiger partial charge in [0.05, 0.1) is 11.8 Å². The second-order valence-electron chi connectivity index (χ2n) is 13.4. The van der Waals surface area contributed by atoms with Gasteiger partial charge in [0.1, 0.15) is 29.0 Å². The van der Waals surface area contributed by atoms with E-state index in [0.717, 1.165) is 27.2 Å². The van der Waals surface area contributed by atoms with Crippen LogP contribution in [0.4, 0.5) is 9.59 Å². The minimum atomic E-state index is -3.88. The predicted molar refractivity (Wildman–Crippen MR) is 175 cm³/mol. The van der Waals surface area contributed by atoms with Crippen molar-refractivity contribution < 1.29 is 37.2 Å². The van der Waals surface area contributed by atoms with Gasteiger partial charge in [-0.05, 0) is 51.2 Å². The Hall–Kier alpha value is -4.92. The first kappa shape index (κ1) is 33.0. The van der Waals surface area contributed by atoms with Gasteiger partial charge in [0.25, 0.3) is 5.91 Å². The van der Waals surface area contributed by atoms with Gasteiger partial charge in [-0.15, -0.1) is 6.58 Å². The first-order valence-corrected chi connectivity index (χ1v) is 17.3. The number of sulfonamides is 1. The molecule has 2 unspecified atom stereocenters. The molecule has 1 saturated heterocycles. The number of urea groups is 1. The summed E-state index contributed by atoms with van der Waals surface area (Å²) in [7, 11) is -3.88. The maximum atomic E-state index is 13.9. The largest absolute Gasteiger partial charge is 0.443 e. The van der Waals surface area contributed by atoms with E-state index in [1.54, 1.807) is 20.8 Å². The number of hydrogen-bond donors (Lipinski definition) is 4. The van der Waals surface area contributed by atoms with E-state index in [1.165, 1.54) is 6.08 Å². The van der Waals surface area contributed by atoms with Crippen LogP contribution in [0, 0.1) is 5.92 Å². The fourth-order valence-corrected chi connectivity index (χ4v) is 7.43. The minimum absolute atomic E-state index is 0.0113. The van der Waals surface area contributed by atoms with E-state index in [2.05, 4.69) is 32.6 Å². The maximum absolute atomic E-state index is 13.9. The second kappa shape index (κ2) is 12.3. The summed E-state index contributed by atoms with van der Waals surface area (Å²) in [5.41, 5.74) is 6.43. The van der Waals surface area contributed by atoms with E-state index in [-0.39, 0.29) is 19.4 Å². The van der Waals surface area contributed by atoms with Crippen LogP contribution in [0.1, 0.15) is 57.6 Å². The van der Waals surface area contributed by atoms with Crippen molar-refractivity contribution in [3.63, 3.8) is 0 Å². The summed E-state index contributed by atoms with van der Waals surface area (Å²) in [5, 5.41) is 6.55. The summed E-state index contributed by atoms with van der Waals surface area (Å²) in [6, 6.07) is 13.5. The van der Waals surface area contributed by atoms with Crippen LogP contribution in [0.25, 0.3) is 11.1 Å². The van der Waals surface area contributed by atoms with Crippen LogP contribution in [0.15, 0.2) is 66.3 Å². The molecule has 0 spiro atoms. The van der Waals surface area contributed by atoms with Gasteiger partial charge in [-0.3, -0.25) is 14.3 Å². The average molecular weight is 679 g/mol. The Balaban J connectivity index is 1.21. The summed E-state index contributed by atoms with van der Waals surface area (Å²) in [5.74, 6) is -2.08. The standard InChI is InChI=1S/C33H38N6O8S/c1-5-19-17-33(19,29(41)38-48(44,45)21-14-15-21)34-28(40)26-16-20(18-39(26)30(42)35-36-31(43)46-32(2,3)4)47-37-27-24-12-8-6-10-22(24)23-11-7-9-13-25(23)27/h5-13,19-21,26H,1,14-18H2,2-4H3,(H,34,40)(H,35,42)(H,36,43)(H,38,41)/t19-,20?,26+,33?/m1/s1. The van der Waals surface area contributed by atoms with Crippen molar-refractivity contribution in [2.24, 2.45) is 11.1 Å². The molecular formula is C33H38N6O8S. The number of hydrogen-bond acceptors (Lipinski definition) is 9. The van der Waals surface area contributed by atoms with Gasteiger partial charge in [0, 0.05) is 23.5 Å². The topological polar surface area (TPSA) is 185 Å². The number of rotatable bonds is 8. The van der Waals surface area contributed by atoms with E-state index in [9.17, 15) is 27.6 Å². The number of hydrazine groups is 1. The van der Waals surface area contributed by atoms with Crippen molar-refractivity contribution in [2.75, 3.05) is 6.54 Å². The molecule has 4 N–H and O–H groups in total. The number of oxime groups is 1. The third kappa shape index (κ3) is 6.59. The molecule has 1 heterocycles. The lowest BCUT2D eigenvalue weighted by Gasteiger charge is -2.27. The highest BCUT2D eigenvalue weighted by Crippen LogP contribution is 2.45. The van der Waals surface area contributed by atoms with Gasteiger partial charge >= 0.3 is 12.1 Å². The Morgan fingerprint density at radius 3 is 2.12 bits per heavy atom. The van der Waals surface area contributed by atoms with Gasteiger partial charge < -0.3 is 19.8 Å². The normalized spacial score (nSPS) is 24.0. The molecule has 4 atom stereocenters. The van der Waals surface area contributed by atoms with Crippen LogP contribution in [0.2, 0.25) is 0 Å². The zero-order valence-electron chi connectivity index (χ0n) is 26.8. The Kier molecular flexibility index (Phi) is 8.43. The number of amides is 5. The van der Waals surface area contributed by atoms with Crippen LogP contribution < -0.4 is 20.9 Å². The van der Waals surface area contributed by atoms with Gasteiger partial charge in [-0.1, -0.05) is 59.8 Å². The smallest absolute Gasteiger partial charge is 0.426 e. The van der Waals surface area contributed by atoms with Crippen LogP contribution in [0.5, 0.6) is 0 Å². The van der Waals surface area contributed by atoms with Crippen LogP contribution in [-0.2, 0) is 29.2 Å². The summed E-state index contributed by atoms with van der Waals surface area (Å²) < 4.78 is 32.4. The number of nitrogens with one attached hydrogen (secondary N) is 4. The molecule has 48 heavy (non-hydrogen) atoms. The molecule has 0 bridgehead atoms. The van der Waals surface area contributed by atoms with Gasteiger partial charge in [0.15, 0.2) is 0 Å². The summed E-state index contributed by atoms with van der Waals surface area (Å²) >= 11 is 0. The number of likely N-dealkylation sites (tertiary alicyclic amines) is 1. The Labute approximate surface area is 278 Å². The molecule has 2 aromatic rings. The van der Waals surface area contributed by atoms with Crippen LogP contribution in [-0.4, -0.2) is 78.0 Å². The van der Waals surface area contributed by atoms with Crippen LogP contribution >= 0.6 is 0 Å². The maximum Gasteiger partial charge on any atom is 0.426 e. The van der Waals surface area contributed by atoms with Crippen molar-refractivity contribution in [3.05, 3.63) is 72.3 Å². The molecular weight excluding hydrogens is 640 g/mol. The predicted octanol–water partition coefficient (Wildman–Crippen LogP) is 2.70. The van der Waals surface area contributed by atoms with Gasteiger partial charge in [-0.25, -0.2) is 28.9 Å². The minimum Gasteiger partial charge on any atom is -0.443 e. The van der Waals surface area contributed by atoms with Crippen molar-refractivity contribution in [1.82, 2.24) is 25.8 Å². The molecule has 0 radical (unpaired) electrons. The lowest BCUT2D eigenvalue weighted by atomic mass is 10.1. The molecule has 4 aliphatic rings. The number of carbonyl (C=O) groups is 4. The molecule has 1 aliphatic heterocycles. The molecule has 254 valence electrons. The van der Waals surface area contributed by atoms with Crippen molar-refractivity contribution in [1.29, 1.82) is 0 Å². The lowest BCUT2D eigenvalue weighted by Crippen LogP contribution is -2.58. The molecule has 14 nitrogen and oxygen atoms in total. The van der Waals surface area contributed by atoms with Crippen molar-refractivity contribution in [2.45, 2.75) is 75.0 Å². The summed E-state index contributed by atoms with van der Waals surface area (Å²) in [6.07, 6.45) is 0.857. The van der Waals surface area contributed by atoms with E-state index in [1.807, 2.05) is 48.5 Å². The SMILES string of the molecule is C=C[C@@H]1CC1(NC(=O)[C@@H]1CC(ON=C2c3ccccc3-c3ccccc32)CN1C(=O)NNC(=O)OC(C)(C)C)C(=O)NS(=O)(=O)C1CC1. The monoisotopic (exact) mass is 678 g/mol. The molecule has 2 aromatic carbocycles. The Morgan fingerprint density at radius 2 is 1.58 bits per heavy atom. The quantitative estimate of drug-likeness (QED) is 0.207. The molecule has 5 amide bonds. The van der Waals surface area contributed by atoms with E-state index in [0.29, 0.717) is 18.6 Å². The molecule has 2 saturated carbocycles. The molecule has 6 rings (SSSR count). The zero-order chi connectivity index (χ0) is 34.4. The Morgan fingerprint density at radius 1 is 0.979 bits per heavy atom. The first-order valence-electron chi connectivity index (χ1n) is 15.7. The second-order valence-corrected chi connectivity index (χ2v) is 15.4. The zero-order valence-corrected chi connectivity index (χ0v) is 27.6.